The Morgan fingerprint density at radius 1 is 1.03 bits per heavy atom. The highest BCUT2D eigenvalue weighted by Gasteiger charge is 2.51. The van der Waals surface area contributed by atoms with Gasteiger partial charge in [-0.3, -0.25) is 4.79 Å². The molecule has 1 aliphatic carbocycles. The van der Waals surface area contributed by atoms with Gasteiger partial charge in [-0.15, -0.1) is 0 Å². The average Bonchev–Trinajstić information content (AvgIpc) is 3.49. The van der Waals surface area contributed by atoms with E-state index >= 15 is 0 Å². The van der Waals surface area contributed by atoms with Crippen LogP contribution in [0.1, 0.15) is 25.4 Å². The molecular formula is C25H22F3NO4. The molecule has 1 heterocycles. The second-order valence-corrected chi connectivity index (χ2v) is 8.09. The number of hydrogen-bond acceptors (Lipinski definition) is 4. The van der Waals surface area contributed by atoms with E-state index < -0.39 is 17.2 Å². The summed E-state index contributed by atoms with van der Waals surface area (Å²) in [6.45, 7) is 0.123. The third-order valence-corrected chi connectivity index (χ3v) is 6.07. The first kappa shape index (κ1) is 21.2. The molecule has 33 heavy (non-hydrogen) atoms. The summed E-state index contributed by atoms with van der Waals surface area (Å²) in [6.07, 6.45) is -3.40. The molecule has 1 saturated carbocycles. The number of carbonyl (C=O) groups excluding carboxylic acids is 1. The molecule has 1 fully saturated rings. The summed E-state index contributed by atoms with van der Waals surface area (Å²) in [5.74, 6) is 1.28. The van der Waals surface area contributed by atoms with Crippen molar-refractivity contribution in [3.8, 4) is 28.4 Å². The van der Waals surface area contributed by atoms with Crippen molar-refractivity contribution < 1.29 is 33.6 Å². The molecule has 1 aliphatic heterocycles. The van der Waals surface area contributed by atoms with Gasteiger partial charge < -0.3 is 19.5 Å². The Bertz CT molecular complexity index is 1240. The van der Waals surface area contributed by atoms with E-state index in [0.717, 1.165) is 11.6 Å². The second kappa shape index (κ2) is 7.72. The summed E-state index contributed by atoms with van der Waals surface area (Å²) in [5, 5.41) is 2.69. The zero-order valence-electron chi connectivity index (χ0n) is 17.7. The summed E-state index contributed by atoms with van der Waals surface area (Å²) < 4.78 is 57.6. The highest BCUT2D eigenvalue weighted by Crippen LogP contribution is 2.51. The van der Waals surface area contributed by atoms with E-state index in [1.807, 2.05) is 0 Å². The quantitative estimate of drug-likeness (QED) is 0.509. The van der Waals surface area contributed by atoms with Crippen LogP contribution in [0, 0.1) is 0 Å². The first-order chi connectivity index (χ1) is 15.8. The summed E-state index contributed by atoms with van der Waals surface area (Å²) in [6, 6.07) is 15.6. The molecule has 0 radical (unpaired) electrons. The van der Waals surface area contributed by atoms with Crippen molar-refractivity contribution in [2.45, 2.75) is 24.4 Å². The molecule has 8 heteroatoms. The number of carbonyl (C=O) groups is 1. The van der Waals surface area contributed by atoms with Crippen LogP contribution in [-0.2, 0) is 16.4 Å². The lowest BCUT2D eigenvalue weighted by molar-refractivity contribution is -0.137. The van der Waals surface area contributed by atoms with Gasteiger partial charge in [0, 0.05) is 7.11 Å². The standard InChI is InChI=1S/C25H20F3NO4.H2/c1-31-18-4-2-3-15(11-18)19-7-6-17(13-20(19)25(26,27)28)29-23(30)24(9-10-24)16-5-8-21-22(12-16)33-14-32-21;/h2-8,11-13H,9-10,14H2,1H3,(H,29,30);1H. The molecule has 0 aromatic heterocycles. The number of hydrogen-bond donors (Lipinski definition) is 1. The van der Waals surface area contributed by atoms with Crippen LogP contribution < -0.4 is 19.5 Å². The molecule has 3 aromatic carbocycles. The number of rotatable bonds is 5. The molecule has 0 unspecified atom stereocenters. The minimum atomic E-state index is -4.60. The van der Waals surface area contributed by atoms with Crippen molar-refractivity contribution in [2.24, 2.45) is 0 Å². The van der Waals surface area contributed by atoms with E-state index in [9.17, 15) is 18.0 Å². The molecule has 3 aromatic rings. The maximum absolute atomic E-state index is 13.9. The third-order valence-electron chi connectivity index (χ3n) is 6.07. The number of amides is 1. The van der Waals surface area contributed by atoms with E-state index in [0.29, 0.717) is 35.7 Å². The molecular weight excluding hydrogens is 435 g/mol. The van der Waals surface area contributed by atoms with Gasteiger partial charge in [0.2, 0.25) is 12.7 Å². The number of alkyl halides is 3. The van der Waals surface area contributed by atoms with Crippen molar-refractivity contribution in [3.63, 3.8) is 0 Å². The lowest BCUT2D eigenvalue weighted by Gasteiger charge is -2.19. The van der Waals surface area contributed by atoms with Crippen LogP contribution in [0.5, 0.6) is 17.2 Å². The Labute approximate surface area is 189 Å². The SMILES string of the molecule is COc1cccc(-c2ccc(NC(=O)C3(c4ccc5c(c4)OCO5)CC3)cc2C(F)(F)F)c1.[HH]. The molecule has 0 atom stereocenters. The lowest BCUT2D eigenvalue weighted by Crippen LogP contribution is -2.28. The van der Waals surface area contributed by atoms with Crippen LogP contribution in [0.4, 0.5) is 18.9 Å². The fraction of sp³-hybridized carbons (Fsp3) is 0.240. The number of anilines is 1. The topological polar surface area (TPSA) is 56.8 Å². The molecule has 0 saturated heterocycles. The molecule has 5 nitrogen and oxygen atoms in total. The third kappa shape index (κ3) is 3.86. The van der Waals surface area contributed by atoms with E-state index in [2.05, 4.69) is 5.32 Å². The number of halogens is 3. The van der Waals surface area contributed by atoms with Gasteiger partial charge >= 0.3 is 6.18 Å². The summed E-state index contributed by atoms with van der Waals surface area (Å²) in [4.78, 5) is 13.1. The number of ether oxygens (including phenoxy) is 3. The summed E-state index contributed by atoms with van der Waals surface area (Å²) >= 11 is 0. The molecule has 172 valence electrons. The maximum Gasteiger partial charge on any atom is 0.417 e. The first-order valence-corrected chi connectivity index (χ1v) is 10.4. The van der Waals surface area contributed by atoms with Crippen molar-refractivity contribution in [2.75, 3.05) is 19.2 Å². The zero-order chi connectivity index (χ0) is 23.2. The predicted octanol–water partition coefficient (Wildman–Crippen LogP) is 6.03. The van der Waals surface area contributed by atoms with Crippen LogP contribution in [0.25, 0.3) is 11.1 Å². The van der Waals surface area contributed by atoms with E-state index in [1.54, 1.807) is 42.5 Å². The molecule has 0 spiro atoms. The fourth-order valence-electron chi connectivity index (χ4n) is 4.12. The number of fused-ring (bicyclic) bond motifs is 1. The minimum Gasteiger partial charge on any atom is -0.497 e. The molecule has 2 aliphatic rings. The van der Waals surface area contributed by atoms with Crippen molar-refractivity contribution in [3.05, 3.63) is 71.8 Å². The molecule has 1 amide bonds. The molecule has 0 bridgehead atoms. The number of benzene rings is 3. The van der Waals surface area contributed by atoms with Crippen LogP contribution in [-0.4, -0.2) is 19.8 Å². The van der Waals surface area contributed by atoms with Crippen LogP contribution >= 0.6 is 0 Å². The Hall–Kier alpha value is -3.68. The monoisotopic (exact) mass is 457 g/mol. The van der Waals surface area contributed by atoms with Gasteiger partial charge in [-0.25, -0.2) is 0 Å². The fourth-order valence-corrected chi connectivity index (χ4v) is 4.12. The predicted molar refractivity (Wildman–Crippen MR) is 118 cm³/mol. The maximum atomic E-state index is 13.9. The Morgan fingerprint density at radius 2 is 1.82 bits per heavy atom. The first-order valence-electron chi connectivity index (χ1n) is 10.4. The van der Waals surface area contributed by atoms with Gasteiger partial charge in [-0.05, 0) is 65.9 Å². The van der Waals surface area contributed by atoms with E-state index in [1.165, 1.54) is 19.2 Å². The summed E-state index contributed by atoms with van der Waals surface area (Å²) in [7, 11) is 1.45. The average molecular weight is 457 g/mol. The van der Waals surface area contributed by atoms with Gasteiger partial charge in [0.05, 0.1) is 18.1 Å². The van der Waals surface area contributed by atoms with Crippen LogP contribution in [0.15, 0.2) is 60.7 Å². The van der Waals surface area contributed by atoms with Gasteiger partial charge in [-0.1, -0.05) is 24.3 Å². The van der Waals surface area contributed by atoms with Crippen LogP contribution in [0.3, 0.4) is 0 Å². The van der Waals surface area contributed by atoms with Crippen molar-refractivity contribution in [1.29, 1.82) is 0 Å². The smallest absolute Gasteiger partial charge is 0.417 e. The lowest BCUT2D eigenvalue weighted by atomic mass is 9.94. The number of nitrogens with one attached hydrogen (secondary N) is 1. The Balaban J connectivity index is 0.00000274. The summed E-state index contributed by atoms with van der Waals surface area (Å²) in [5.41, 5.74) is -0.388. The molecule has 1 N–H and O–H groups in total. The van der Waals surface area contributed by atoms with E-state index in [-0.39, 0.29) is 25.4 Å². The zero-order valence-corrected chi connectivity index (χ0v) is 17.7. The largest absolute Gasteiger partial charge is 0.497 e. The minimum absolute atomic E-state index is 0. The van der Waals surface area contributed by atoms with Crippen molar-refractivity contribution in [1.82, 2.24) is 0 Å². The van der Waals surface area contributed by atoms with Crippen molar-refractivity contribution >= 4 is 11.6 Å². The van der Waals surface area contributed by atoms with Gasteiger partial charge in [0.1, 0.15) is 5.75 Å². The van der Waals surface area contributed by atoms with Gasteiger partial charge in [0.15, 0.2) is 11.5 Å². The Morgan fingerprint density at radius 3 is 2.55 bits per heavy atom. The number of methoxy groups -OCH3 is 1. The highest BCUT2D eigenvalue weighted by atomic mass is 19.4. The van der Waals surface area contributed by atoms with Gasteiger partial charge in [0.25, 0.3) is 0 Å². The highest BCUT2D eigenvalue weighted by molar-refractivity contribution is 6.01. The Kier molecular flexibility index (Phi) is 4.96. The van der Waals surface area contributed by atoms with Gasteiger partial charge in [-0.2, -0.15) is 13.2 Å². The normalized spacial score (nSPS) is 15.8. The van der Waals surface area contributed by atoms with E-state index in [4.69, 9.17) is 14.2 Å². The van der Waals surface area contributed by atoms with Crippen LogP contribution in [0.2, 0.25) is 0 Å². The second-order valence-electron chi connectivity index (χ2n) is 8.09. The molecule has 5 rings (SSSR count).